The van der Waals surface area contributed by atoms with E-state index < -0.39 is 59.5 Å². The minimum Gasteiger partial charge on any atom is -0.462 e. The van der Waals surface area contributed by atoms with Gasteiger partial charge >= 0.3 is 12.1 Å². The number of carbonyl (C=O) groups excluding carboxylic acids is 3. The maximum absolute atomic E-state index is 15.1. The molecule has 1 saturated heterocycles. The van der Waals surface area contributed by atoms with Crippen molar-refractivity contribution >= 4 is 18.0 Å². The number of aliphatic hydroxyl groups is 1. The predicted molar refractivity (Wildman–Crippen MR) is 231 cm³/mol. The summed E-state index contributed by atoms with van der Waals surface area (Å²) in [6.45, 7) is 10.7. The van der Waals surface area contributed by atoms with Gasteiger partial charge in [-0.2, -0.15) is 0 Å². The summed E-state index contributed by atoms with van der Waals surface area (Å²) < 4.78 is 38.0. The normalized spacial score (nSPS) is 15.9. The Morgan fingerprint density at radius 3 is 1.46 bits per heavy atom. The summed E-state index contributed by atoms with van der Waals surface area (Å²) in [5, 5.41) is 13.1. The molecule has 4 aromatic rings. The van der Waals surface area contributed by atoms with Crippen molar-refractivity contribution in [3.63, 3.8) is 0 Å². The van der Waals surface area contributed by atoms with Crippen LogP contribution in [0, 0.1) is 5.41 Å². The molecular formula is C49H62N2O10. The predicted octanol–water partition coefficient (Wildman–Crippen LogP) is 7.36. The zero-order valence-electron chi connectivity index (χ0n) is 36.4. The van der Waals surface area contributed by atoms with Crippen LogP contribution < -0.4 is 0 Å². The molecule has 0 spiro atoms. The summed E-state index contributed by atoms with van der Waals surface area (Å²) >= 11 is 0. The molecular weight excluding hydrogens is 777 g/mol. The maximum atomic E-state index is 15.1. The van der Waals surface area contributed by atoms with Crippen LogP contribution >= 0.6 is 0 Å². The number of rotatable bonds is 19. The largest absolute Gasteiger partial charge is 0.462 e. The Morgan fingerprint density at radius 2 is 1.00 bits per heavy atom. The van der Waals surface area contributed by atoms with E-state index in [1.807, 2.05) is 142 Å². The number of hydrogen-bond donors (Lipinski definition) is 1. The highest BCUT2D eigenvalue weighted by Crippen LogP contribution is 2.30. The lowest BCUT2D eigenvalue weighted by atomic mass is 9.89. The molecule has 5 rings (SSSR count). The van der Waals surface area contributed by atoms with Gasteiger partial charge in [0.25, 0.3) is 5.91 Å². The van der Waals surface area contributed by atoms with E-state index in [1.165, 1.54) is 0 Å². The van der Waals surface area contributed by atoms with Crippen molar-refractivity contribution in [2.45, 2.75) is 97.5 Å². The molecule has 0 saturated carbocycles. The smallest absolute Gasteiger partial charge is 0.410 e. The van der Waals surface area contributed by atoms with Crippen LogP contribution in [0.3, 0.4) is 0 Å². The zero-order valence-corrected chi connectivity index (χ0v) is 36.4. The number of benzene rings is 4. The van der Waals surface area contributed by atoms with Crippen molar-refractivity contribution in [3.8, 4) is 0 Å². The van der Waals surface area contributed by atoms with Crippen molar-refractivity contribution in [3.05, 3.63) is 144 Å². The number of ether oxygens (including phenoxy) is 6. The summed E-state index contributed by atoms with van der Waals surface area (Å²) in [6.07, 6.45) is -4.51. The molecule has 1 fully saturated rings. The molecule has 12 heteroatoms. The van der Waals surface area contributed by atoms with Crippen molar-refractivity contribution in [1.82, 2.24) is 9.80 Å². The Kier molecular flexibility index (Phi) is 17.0. The average molecular weight is 839 g/mol. The topological polar surface area (TPSA) is 133 Å². The molecule has 328 valence electrons. The van der Waals surface area contributed by atoms with Gasteiger partial charge in [0.05, 0.1) is 38.4 Å². The molecule has 1 unspecified atom stereocenters. The Hall–Kier alpha value is -5.11. The number of amides is 2. The second kappa shape index (κ2) is 22.1. The number of carbonyl (C=O) groups is 3. The van der Waals surface area contributed by atoms with Gasteiger partial charge in [-0.25, -0.2) is 4.79 Å². The molecule has 4 aromatic carbocycles. The van der Waals surface area contributed by atoms with Crippen LogP contribution in [0.4, 0.5) is 4.79 Å². The molecule has 0 radical (unpaired) electrons. The van der Waals surface area contributed by atoms with E-state index in [-0.39, 0.29) is 59.2 Å². The summed E-state index contributed by atoms with van der Waals surface area (Å²) in [5.41, 5.74) is -0.401. The maximum Gasteiger partial charge on any atom is 0.410 e. The van der Waals surface area contributed by atoms with Crippen LogP contribution in [0.15, 0.2) is 121 Å². The van der Waals surface area contributed by atoms with Crippen LogP contribution in [0.1, 0.15) is 63.8 Å². The van der Waals surface area contributed by atoms with Gasteiger partial charge in [0.1, 0.15) is 24.4 Å². The second-order valence-electron chi connectivity index (χ2n) is 17.4. The van der Waals surface area contributed by atoms with Crippen LogP contribution in [0.5, 0.6) is 0 Å². The fourth-order valence-electron chi connectivity index (χ4n) is 6.63. The number of esters is 1. The van der Waals surface area contributed by atoms with Crippen molar-refractivity contribution in [1.29, 1.82) is 0 Å². The second-order valence-corrected chi connectivity index (χ2v) is 17.4. The van der Waals surface area contributed by atoms with Gasteiger partial charge < -0.3 is 43.3 Å². The molecule has 1 aliphatic heterocycles. The molecule has 0 aromatic heterocycles. The third-order valence-corrected chi connectivity index (χ3v) is 9.97. The highest BCUT2D eigenvalue weighted by Gasteiger charge is 2.51. The van der Waals surface area contributed by atoms with E-state index >= 15 is 4.79 Å². The minimum absolute atomic E-state index is 0.000918. The monoisotopic (exact) mass is 838 g/mol. The number of hydrogen-bond acceptors (Lipinski definition) is 10. The van der Waals surface area contributed by atoms with Gasteiger partial charge in [-0.1, -0.05) is 121 Å². The quantitative estimate of drug-likeness (QED) is 0.0956. The lowest BCUT2D eigenvalue weighted by Crippen LogP contribution is -2.63. The summed E-state index contributed by atoms with van der Waals surface area (Å²) in [6, 6.07) is 37.8. The van der Waals surface area contributed by atoms with Crippen molar-refractivity contribution in [2.24, 2.45) is 5.41 Å². The lowest BCUT2D eigenvalue weighted by molar-refractivity contribution is -0.237. The summed E-state index contributed by atoms with van der Waals surface area (Å²) in [7, 11) is 0. The zero-order chi connectivity index (χ0) is 43.9. The first-order valence-corrected chi connectivity index (χ1v) is 20.9. The molecule has 1 N–H and O–H groups in total. The highest BCUT2D eigenvalue weighted by molar-refractivity contribution is 5.82. The van der Waals surface area contributed by atoms with E-state index in [0.29, 0.717) is 0 Å². The molecule has 0 bridgehead atoms. The van der Waals surface area contributed by atoms with Gasteiger partial charge in [0.2, 0.25) is 0 Å². The first-order valence-electron chi connectivity index (χ1n) is 20.9. The first kappa shape index (κ1) is 46.9. The van der Waals surface area contributed by atoms with Crippen LogP contribution in [0.2, 0.25) is 0 Å². The first-order chi connectivity index (χ1) is 29.1. The number of piperazine rings is 1. The van der Waals surface area contributed by atoms with Crippen molar-refractivity contribution < 1.29 is 47.9 Å². The van der Waals surface area contributed by atoms with Gasteiger partial charge in [0.15, 0.2) is 11.7 Å². The van der Waals surface area contributed by atoms with Gasteiger partial charge in [-0.15, -0.1) is 0 Å². The summed E-state index contributed by atoms with van der Waals surface area (Å²) in [4.78, 5) is 44.7. The molecule has 61 heavy (non-hydrogen) atoms. The van der Waals surface area contributed by atoms with E-state index in [2.05, 4.69) is 0 Å². The third kappa shape index (κ3) is 14.8. The molecule has 2 amide bonds. The molecule has 0 aliphatic carbocycles. The average Bonchev–Trinajstić information content (AvgIpc) is 3.25. The number of nitrogens with zero attached hydrogens (tertiary/aromatic N) is 2. The molecule has 1 aliphatic rings. The lowest BCUT2D eigenvalue weighted by Gasteiger charge is -2.43. The van der Waals surface area contributed by atoms with Gasteiger partial charge in [-0.3, -0.25) is 9.59 Å². The van der Waals surface area contributed by atoms with Crippen LogP contribution in [-0.4, -0.2) is 102 Å². The van der Waals surface area contributed by atoms with Gasteiger partial charge in [-0.05, 0) is 63.8 Å². The Morgan fingerprint density at radius 1 is 0.574 bits per heavy atom. The Bertz CT molecular complexity index is 1930. The Labute approximate surface area is 360 Å². The van der Waals surface area contributed by atoms with E-state index in [0.717, 1.165) is 22.3 Å². The fourth-order valence-corrected chi connectivity index (χ4v) is 6.63. The SMILES string of the molecule is CC(C)(C)OC(=O)N1CCN(C(=O)[C@H](OCc2ccccc2)[C@@H](OCc2ccccc2)[C@H](OCc2ccccc2)C(O)(COCc2ccccc2)COC(=O)C(C)(C)C)CC1. The molecule has 4 atom stereocenters. The van der Waals surface area contributed by atoms with Gasteiger partial charge in [0, 0.05) is 26.2 Å². The van der Waals surface area contributed by atoms with Crippen molar-refractivity contribution in [2.75, 3.05) is 39.4 Å². The fraction of sp³-hybridized carbons (Fsp3) is 0.449. The Balaban J connectivity index is 1.58. The van der Waals surface area contributed by atoms with E-state index in [9.17, 15) is 14.7 Å². The third-order valence-electron chi connectivity index (χ3n) is 9.97. The molecule has 1 heterocycles. The van der Waals surface area contributed by atoms with E-state index in [4.69, 9.17) is 28.4 Å². The minimum atomic E-state index is -2.09. The molecule has 12 nitrogen and oxygen atoms in total. The summed E-state index contributed by atoms with van der Waals surface area (Å²) in [5.74, 6) is -0.973. The van der Waals surface area contributed by atoms with Crippen LogP contribution in [0.25, 0.3) is 0 Å². The van der Waals surface area contributed by atoms with E-state index in [1.54, 1.807) is 30.6 Å². The standard InChI is InChI=1S/C49H62N2O10/c1-47(2,3)45(53)60-36-49(55,35-56-31-37-19-11-7-12-20-37)43(59-34-40-25-17-10-18-26-40)41(57-32-38-21-13-8-14-22-38)42(58-33-39-23-15-9-16-24-39)44(52)50-27-29-51(30-28-50)46(54)61-48(4,5)6/h7-26,41-43,55H,27-36H2,1-6H3/t41-,42-,43+,49?/m1/s1. The van der Waals surface area contributed by atoms with Crippen LogP contribution in [-0.2, 0) is 64.4 Å². The highest BCUT2D eigenvalue weighted by atomic mass is 16.6.